The van der Waals surface area contributed by atoms with Crippen molar-refractivity contribution in [1.82, 2.24) is 4.98 Å². The maximum absolute atomic E-state index is 6.03. The van der Waals surface area contributed by atoms with Gasteiger partial charge < -0.3 is 14.9 Å². The summed E-state index contributed by atoms with van der Waals surface area (Å²) in [5, 5.41) is 0.990. The van der Waals surface area contributed by atoms with Gasteiger partial charge in [0, 0.05) is 18.2 Å². The number of ether oxygens (including phenoxy) is 1. The van der Waals surface area contributed by atoms with E-state index in [2.05, 4.69) is 4.98 Å². The Morgan fingerprint density at radius 3 is 2.89 bits per heavy atom. The molecule has 0 aliphatic rings. The zero-order chi connectivity index (χ0) is 13.1. The third-order valence-electron chi connectivity index (χ3n) is 2.52. The average Bonchev–Trinajstić information content (AvgIpc) is 2.71. The lowest BCUT2D eigenvalue weighted by Gasteiger charge is -2.11. The summed E-state index contributed by atoms with van der Waals surface area (Å²) in [5.41, 5.74) is 6.81. The third kappa shape index (κ3) is 2.95. The van der Waals surface area contributed by atoms with Gasteiger partial charge in [0.1, 0.15) is 5.52 Å². The van der Waals surface area contributed by atoms with Crippen LogP contribution < -0.4 is 5.73 Å². The minimum absolute atomic E-state index is 0.0997. The molecule has 0 spiro atoms. The molecule has 2 N–H and O–H groups in total. The van der Waals surface area contributed by atoms with Gasteiger partial charge in [-0.3, -0.25) is 0 Å². The third-order valence-corrected chi connectivity index (χ3v) is 3.02. The number of hydrogen-bond donors (Lipinski definition) is 1. The van der Waals surface area contributed by atoms with Crippen LogP contribution in [0.5, 0.6) is 0 Å². The number of rotatable bonds is 5. The zero-order valence-electron chi connectivity index (χ0n) is 9.95. The quantitative estimate of drug-likeness (QED) is 0.919. The van der Waals surface area contributed by atoms with E-state index in [4.69, 9.17) is 38.1 Å². The Kier molecular flexibility index (Phi) is 4.45. The summed E-state index contributed by atoms with van der Waals surface area (Å²) < 4.78 is 11.1. The van der Waals surface area contributed by atoms with Crippen LogP contribution in [0.25, 0.3) is 11.1 Å². The van der Waals surface area contributed by atoms with Gasteiger partial charge in [-0.25, -0.2) is 4.98 Å². The second kappa shape index (κ2) is 5.89. The van der Waals surface area contributed by atoms with Gasteiger partial charge in [-0.2, -0.15) is 0 Å². The molecule has 18 heavy (non-hydrogen) atoms. The van der Waals surface area contributed by atoms with Gasteiger partial charge >= 0.3 is 0 Å². The van der Waals surface area contributed by atoms with Gasteiger partial charge in [0.05, 0.1) is 17.5 Å². The number of fused-ring (bicyclic) bond motifs is 1. The summed E-state index contributed by atoms with van der Waals surface area (Å²) in [5.74, 6) is 0.554. The molecule has 1 unspecified atom stereocenters. The number of nitrogens with zero attached hydrogens (tertiary/aromatic N) is 1. The van der Waals surface area contributed by atoms with Crippen molar-refractivity contribution in [2.45, 2.75) is 19.4 Å². The molecule has 1 heterocycles. The summed E-state index contributed by atoms with van der Waals surface area (Å²) in [7, 11) is 0. The van der Waals surface area contributed by atoms with Gasteiger partial charge in [-0.1, -0.05) is 23.2 Å². The highest BCUT2D eigenvalue weighted by Crippen LogP contribution is 2.28. The molecule has 4 nitrogen and oxygen atoms in total. The number of halogens is 2. The lowest BCUT2D eigenvalue weighted by molar-refractivity contribution is 0.0651. The molecule has 0 aliphatic heterocycles. The van der Waals surface area contributed by atoms with E-state index in [1.807, 2.05) is 6.92 Å². The van der Waals surface area contributed by atoms with Crippen molar-refractivity contribution in [2.24, 2.45) is 5.73 Å². The Bertz CT molecular complexity index is 542. The van der Waals surface area contributed by atoms with Crippen molar-refractivity contribution in [3.8, 4) is 0 Å². The average molecular weight is 289 g/mol. The Hall–Kier alpha value is -0.810. The normalized spacial score (nSPS) is 13.1. The monoisotopic (exact) mass is 288 g/mol. The van der Waals surface area contributed by atoms with E-state index < -0.39 is 0 Å². The first kappa shape index (κ1) is 13.6. The molecule has 0 radical (unpaired) electrons. The largest absolute Gasteiger partial charge is 0.439 e. The maximum atomic E-state index is 6.03. The topological polar surface area (TPSA) is 61.3 Å². The number of hydrogen-bond acceptors (Lipinski definition) is 4. The molecule has 6 heteroatoms. The Labute approximate surface area is 115 Å². The van der Waals surface area contributed by atoms with E-state index in [-0.39, 0.29) is 6.10 Å². The first-order valence-corrected chi connectivity index (χ1v) is 6.45. The molecule has 1 aromatic carbocycles. The predicted octanol–water partition coefficient (Wildman–Crippen LogP) is 3.04. The van der Waals surface area contributed by atoms with Crippen LogP contribution in [0.2, 0.25) is 10.0 Å². The van der Waals surface area contributed by atoms with E-state index in [0.29, 0.717) is 46.6 Å². The van der Waals surface area contributed by atoms with Gasteiger partial charge in [0.15, 0.2) is 11.5 Å². The van der Waals surface area contributed by atoms with E-state index in [9.17, 15) is 0 Å². The smallest absolute Gasteiger partial charge is 0.198 e. The molecule has 0 saturated heterocycles. The fourth-order valence-electron chi connectivity index (χ4n) is 1.73. The highest BCUT2D eigenvalue weighted by molar-refractivity contribution is 6.37. The van der Waals surface area contributed by atoms with Crippen LogP contribution in [0, 0.1) is 0 Å². The molecule has 0 aliphatic carbocycles. The maximum Gasteiger partial charge on any atom is 0.198 e. The lowest BCUT2D eigenvalue weighted by Crippen LogP contribution is -2.26. The van der Waals surface area contributed by atoms with Crippen molar-refractivity contribution in [3.63, 3.8) is 0 Å². The lowest BCUT2D eigenvalue weighted by atomic mass is 10.2. The van der Waals surface area contributed by atoms with Crippen LogP contribution in [0.4, 0.5) is 0 Å². The molecule has 0 saturated carbocycles. The standard InChI is InChI=1S/C12H14Cl2N2O2/c1-2-17-8(6-15)5-11-16-10-4-7(13)3-9(14)12(10)18-11/h3-4,8H,2,5-6,15H2,1H3. The van der Waals surface area contributed by atoms with Crippen LogP contribution in [-0.2, 0) is 11.2 Å². The number of benzene rings is 1. The molecule has 0 amide bonds. The second-order valence-corrected chi connectivity index (χ2v) is 4.70. The predicted molar refractivity (Wildman–Crippen MR) is 72.2 cm³/mol. The summed E-state index contributed by atoms with van der Waals surface area (Å²) in [6.07, 6.45) is 0.421. The van der Waals surface area contributed by atoms with Gasteiger partial charge in [0.2, 0.25) is 0 Å². The van der Waals surface area contributed by atoms with E-state index in [1.54, 1.807) is 12.1 Å². The van der Waals surface area contributed by atoms with Crippen LogP contribution in [0.1, 0.15) is 12.8 Å². The van der Waals surface area contributed by atoms with Crippen molar-refractivity contribution in [2.75, 3.05) is 13.2 Å². The fraction of sp³-hybridized carbons (Fsp3) is 0.417. The number of oxazole rings is 1. The SMILES string of the molecule is CCOC(CN)Cc1nc2cc(Cl)cc(Cl)c2o1. The van der Waals surface area contributed by atoms with Gasteiger partial charge in [-0.15, -0.1) is 0 Å². The van der Waals surface area contributed by atoms with E-state index >= 15 is 0 Å². The summed E-state index contributed by atoms with van der Waals surface area (Å²) in [6.45, 7) is 2.95. The zero-order valence-corrected chi connectivity index (χ0v) is 11.5. The van der Waals surface area contributed by atoms with Crippen LogP contribution in [0.3, 0.4) is 0 Å². The molecule has 0 fully saturated rings. The molecule has 0 bridgehead atoms. The molecular formula is C12H14Cl2N2O2. The van der Waals surface area contributed by atoms with E-state index in [0.717, 1.165) is 0 Å². The minimum atomic E-state index is -0.0997. The van der Waals surface area contributed by atoms with Crippen LogP contribution >= 0.6 is 23.2 Å². The second-order valence-electron chi connectivity index (χ2n) is 3.86. The van der Waals surface area contributed by atoms with Crippen molar-refractivity contribution in [1.29, 1.82) is 0 Å². The highest BCUT2D eigenvalue weighted by Gasteiger charge is 2.15. The Morgan fingerprint density at radius 2 is 2.22 bits per heavy atom. The molecule has 98 valence electrons. The summed E-state index contributed by atoms with van der Waals surface area (Å²) in [6, 6.07) is 3.34. The Morgan fingerprint density at radius 1 is 1.44 bits per heavy atom. The van der Waals surface area contributed by atoms with Crippen molar-refractivity contribution in [3.05, 3.63) is 28.1 Å². The highest BCUT2D eigenvalue weighted by atomic mass is 35.5. The fourth-order valence-corrected chi connectivity index (χ4v) is 2.26. The molecule has 2 rings (SSSR count). The summed E-state index contributed by atoms with van der Waals surface area (Å²) in [4.78, 5) is 4.33. The first-order chi connectivity index (χ1) is 8.63. The minimum Gasteiger partial charge on any atom is -0.439 e. The van der Waals surface area contributed by atoms with Gasteiger partial charge in [0.25, 0.3) is 0 Å². The van der Waals surface area contributed by atoms with Crippen LogP contribution in [0.15, 0.2) is 16.5 Å². The molecule has 2 aromatic rings. The van der Waals surface area contributed by atoms with Crippen molar-refractivity contribution >= 4 is 34.3 Å². The van der Waals surface area contributed by atoms with Crippen LogP contribution in [-0.4, -0.2) is 24.2 Å². The number of nitrogens with two attached hydrogens (primary N) is 1. The molecule has 1 aromatic heterocycles. The Balaban J connectivity index is 2.27. The summed E-state index contributed by atoms with van der Waals surface area (Å²) >= 11 is 11.9. The van der Waals surface area contributed by atoms with Crippen molar-refractivity contribution < 1.29 is 9.15 Å². The number of aromatic nitrogens is 1. The first-order valence-electron chi connectivity index (χ1n) is 5.70. The van der Waals surface area contributed by atoms with E-state index in [1.165, 1.54) is 0 Å². The van der Waals surface area contributed by atoms with Gasteiger partial charge in [-0.05, 0) is 19.1 Å². The molecular weight excluding hydrogens is 275 g/mol. The molecule has 1 atom stereocenters.